The molecule has 3 rings (SSSR count). The number of rotatable bonds is 5. The van der Waals surface area contributed by atoms with Crippen LogP contribution in [0.25, 0.3) is 0 Å². The Morgan fingerprint density at radius 3 is 2.48 bits per heavy atom. The lowest BCUT2D eigenvalue weighted by molar-refractivity contribution is -0.143. The van der Waals surface area contributed by atoms with Gasteiger partial charge in [-0.05, 0) is 31.9 Å². The van der Waals surface area contributed by atoms with Crippen molar-refractivity contribution in [3.8, 4) is 0 Å². The molecule has 1 heterocycles. The summed E-state index contributed by atoms with van der Waals surface area (Å²) in [6, 6.07) is 4.93. The number of aryl methyl sites for hydroxylation is 1. The number of carboxylic acid groups (broad SMARTS) is 1. The van der Waals surface area contributed by atoms with Crippen molar-refractivity contribution in [2.24, 2.45) is 5.41 Å². The van der Waals surface area contributed by atoms with Crippen LogP contribution in [0.15, 0.2) is 18.2 Å². The number of amides is 3. The van der Waals surface area contributed by atoms with Gasteiger partial charge in [0.15, 0.2) is 0 Å². The summed E-state index contributed by atoms with van der Waals surface area (Å²) in [6.45, 7) is 1.43. The Morgan fingerprint density at radius 2 is 1.87 bits per heavy atom. The van der Waals surface area contributed by atoms with E-state index in [4.69, 9.17) is 5.11 Å². The Kier molecular flexibility index (Phi) is 3.43. The van der Waals surface area contributed by atoms with Crippen LogP contribution in [0.4, 0.5) is 0 Å². The van der Waals surface area contributed by atoms with Crippen molar-refractivity contribution in [1.82, 2.24) is 10.2 Å². The van der Waals surface area contributed by atoms with Gasteiger partial charge in [0.25, 0.3) is 11.8 Å². The van der Waals surface area contributed by atoms with E-state index in [0.717, 1.165) is 10.5 Å². The summed E-state index contributed by atoms with van der Waals surface area (Å²) < 4.78 is 0. The molecule has 0 spiro atoms. The highest BCUT2D eigenvalue weighted by Crippen LogP contribution is 2.45. The second-order valence-corrected chi connectivity index (χ2v) is 6.11. The molecule has 1 aromatic carbocycles. The van der Waals surface area contributed by atoms with E-state index in [0.29, 0.717) is 18.4 Å². The van der Waals surface area contributed by atoms with Gasteiger partial charge in [-0.1, -0.05) is 11.6 Å². The third-order valence-corrected chi connectivity index (χ3v) is 4.36. The Bertz CT molecular complexity index is 736. The number of carbonyl (C=O) groups is 4. The minimum atomic E-state index is -0.936. The van der Waals surface area contributed by atoms with Crippen LogP contribution in [-0.4, -0.2) is 46.8 Å². The fraction of sp³-hybridized carbons (Fsp3) is 0.375. The highest BCUT2D eigenvalue weighted by Gasteiger charge is 2.50. The quantitative estimate of drug-likeness (QED) is 0.773. The maximum Gasteiger partial charge on any atom is 0.311 e. The fourth-order valence-electron chi connectivity index (χ4n) is 2.63. The molecule has 1 fully saturated rings. The molecule has 0 atom stereocenters. The van der Waals surface area contributed by atoms with Crippen LogP contribution in [0.3, 0.4) is 0 Å². The fourth-order valence-corrected chi connectivity index (χ4v) is 2.63. The van der Waals surface area contributed by atoms with Gasteiger partial charge in [-0.3, -0.25) is 24.1 Å². The maximum atomic E-state index is 12.2. The zero-order valence-electron chi connectivity index (χ0n) is 12.6. The standard InChI is InChI=1S/C16H16N2O5/c1-9-2-3-10-11(6-9)14(21)18(13(10)20)7-12(19)17-8-16(4-5-16)15(22)23/h2-3,6H,4-5,7-8H2,1H3,(H,17,19)(H,22,23). The molecule has 0 radical (unpaired) electrons. The monoisotopic (exact) mass is 316 g/mol. The Balaban J connectivity index is 1.65. The molecule has 120 valence electrons. The molecule has 0 bridgehead atoms. The van der Waals surface area contributed by atoms with E-state index in [1.54, 1.807) is 18.2 Å². The molecule has 2 N–H and O–H groups in total. The largest absolute Gasteiger partial charge is 0.481 e. The van der Waals surface area contributed by atoms with Gasteiger partial charge >= 0.3 is 5.97 Å². The van der Waals surface area contributed by atoms with E-state index in [1.165, 1.54) is 0 Å². The summed E-state index contributed by atoms with van der Waals surface area (Å²) in [4.78, 5) is 48.4. The Labute approximate surface area is 132 Å². The van der Waals surface area contributed by atoms with Gasteiger partial charge in [-0.25, -0.2) is 0 Å². The van der Waals surface area contributed by atoms with Gasteiger partial charge in [-0.15, -0.1) is 0 Å². The summed E-state index contributed by atoms with van der Waals surface area (Å²) in [5.74, 6) is -2.47. The van der Waals surface area contributed by atoms with Crippen molar-refractivity contribution in [2.45, 2.75) is 19.8 Å². The van der Waals surface area contributed by atoms with Crippen LogP contribution in [0.2, 0.25) is 0 Å². The zero-order chi connectivity index (χ0) is 16.8. The molecule has 1 aliphatic heterocycles. The molecular formula is C16H16N2O5. The highest BCUT2D eigenvalue weighted by atomic mass is 16.4. The number of carbonyl (C=O) groups excluding carboxylic acids is 3. The smallest absolute Gasteiger partial charge is 0.311 e. The summed E-state index contributed by atoms with van der Waals surface area (Å²) in [6.07, 6.45) is 1.05. The second kappa shape index (κ2) is 5.19. The van der Waals surface area contributed by atoms with Gasteiger partial charge in [0.1, 0.15) is 6.54 Å². The van der Waals surface area contributed by atoms with E-state index in [9.17, 15) is 19.2 Å². The third-order valence-electron chi connectivity index (χ3n) is 4.36. The predicted octanol–water partition coefficient (Wildman–Crippen LogP) is 0.572. The number of nitrogens with zero attached hydrogens (tertiary/aromatic N) is 1. The van der Waals surface area contributed by atoms with E-state index >= 15 is 0 Å². The number of hydrogen-bond acceptors (Lipinski definition) is 4. The molecule has 1 aliphatic carbocycles. The van der Waals surface area contributed by atoms with Crippen LogP contribution in [0, 0.1) is 12.3 Å². The summed E-state index contributed by atoms with van der Waals surface area (Å²) in [7, 11) is 0. The van der Waals surface area contributed by atoms with Gasteiger partial charge in [0.05, 0.1) is 16.5 Å². The number of nitrogens with one attached hydrogen (secondary N) is 1. The highest BCUT2D eigenvalue weighted by molar-refractivity contribution is 6.22. The van der Waals surface area contributed by atoms with Gasteiger partial charge < -0.3 is 10.4 Å². The topological polar surface area (TPSA) is 104 Å². The Hall–Kier alpha value is -2.70. The molecule has 3 amide bonds. The van der Waals surface area contributed by atoms with Crippen LogP contribution >= 0.6 is 0 Å². The molecule has 2 aliphatic rings. The lowest BCUT2D eigenvalue weighted by Gasteiger charge is -2.15. The van der Waals surface area contributed by atoms with Crippen LogP contribution in [-0.2, 0) is 9.59 Å². The maximum absolute atomic E-state index is 12.2. The first-order valence-electron chi connectivity index (χ1n) is 7.31. The van der Waals surface area contributed by atoms with E-state index in [-0.39, 0.29) is 12.1 Å². The molecule has 1 saturated carbocycles. The summed E-state index contributed by atoms with van der Waals surface area (Å²) >= 11 is 0. The number of imide groups is 1. The molecule has 1 aromatic rings. The van der Waals surface area contributed by atoms with Crippen LogP contribution < -0.4 is 5.32 Å². The SMILES string of the molecule is Cc1ccc2c(c1)C(=O)N(CC(=O)NCC1(C(=O)O)CC1)C2=O. The summed E-state index contributed by atoms with van der Waals surface area (Å²) in [5.41, 5.74) is 0.562. The van der Waals surface area contributed by atoms with E-state index in [1.807, 2.05) is 6.92 Å². The molecule has 23 heavy (non-hydrogen) atoms. The minimum Gasteiger partial charge on any atom is -0.481 e. The molecule has 7 nitrogen and oxygen atoms in total. The molecule has 7 heteroatoms. The predicted molar refractivity (Wildman–Crippen MR) is 78.9 cm³/mol. The van der Waals surface area contributed by atoms with E-state index in [2.05, 4.69) is 5.32 Å². The lowest BCUT2D eigenvalue weighted by Crippen LogP contribution is -2.43. The van der Waals surface area contributed by atoms with Gasteiger partial charge in [-0.2, -0.15) is 0 Å². The van der Waals surface area contributed by atoms with Crippen molar-refractivity contribution in [3.05, 3.63) is 34.9 Å². The van der Waals surface area contributed by atoms with Crippen molar-refractivity contribution in [3.63, 3.8) is 0 Å². The van der Waals surface area contributed by atoms with Crippen LogP contribution in [0.5, 0.6) is 0 Å². The number of benzene rings is 1. The third kappa shape index (κ3) is 2.58. The first-order chi connectivity index (χ1) is 10.8. The number of fused-ring (bicyclic) bond motifs is 1. The number of hydrogen-bond donors (Lipinski definition) is 2. The second-order valence-electron chi connectivity index (χ2n) is 6.11. The van der Waals surface area contributed by atoms with Crippen molar-refractivity contribution < 1.29 is 24.3 Å². The van der Waals surface area contributed by atoms with Crippen LogP contribution in [0.1, 0.15) is 39.1 Å². The van der Waals surface area contributed by atoms with E-state index < -0.39 is 35.7 Å². The van der Waals surface area contributed by atoms with Gasteiger partial charge in [0.2, 0.25) is 5.91 Å². The zero-order valence-corrected chi connectivity index (χ0v) is 12.6. The van der Waals surface area contributed by atoms with Crippen molar-refractivity contribution in [1.29, 1.82) is 0 Å². The normalized spacial score (nSPS) is 17.9. The molecule has 0 unspecified atom stereocenters. The average Bonchev–Trinajstić information content (AvgIpc) is 3.26. The molecular weight excluding hydrogens is 300 g/mol. The molecule has 0 aromatic heterocycles. The summed E-state index contributed by atoms with van der Waals surface area (Å²) in [5, 5.41) is 11.6. The lowest BCUT2D eigenvalue weighted by atomic mass is 10.1. The first-order valence-corrected chi connectivity index (χ1v) is 7.31. The van der Waals surface area contributed by atoms with Gasteiger partial charge in [0, 0.05) is 6.54 Å². The van der Waals surface area contributed by atoms with Crippen molar-refractivity contribution >= 4 is 23.7 Å². The molecule has 0 saturated heterocycles. The van der Waals surface area contributed by atoms with Crippen molar-refractivity contribution in [2.75, 3.05) is 13.1 Å². The minimum absolute atomic E-state index is 0.0173. The number of carboxylic acids is 1. The first kappa shape index (κ1) is 15.2. The Morgan fingerprint density at radius 1 is 1.22 bits per heavy atom. The average molecular weight is 316 g/mol. The number of aliphatic carboxylic acids is 1.